The monoisotopic (exact) mass is 877 g/mol. The highest BCUT2D eigenvalue weighted by Crippen LogP contribution is 2.58. The average molecular weight is 878 g/mol. The minimum Gasteiger partial charge on any atom is -0.455 e. The molecule has 2 nitrogen and oxygen atoms in total. The summed E-state index contributed by atoms with van der Waals surface area (Å²) >= 11 is 0. The Morgan fingerprint density at radius 1 is 0.333 bits per heavy atom. The Hall–Kier alpha value is -8.98. The Morgan fingerprint density at radius 2 is 0.855 bits per heavy atom. The van der Waals surface area contributed by atoms with Crippen molar-refractivity contribution in [1.82, 2.24) is 0 Å². The molecule has 69 heavy (non-hydrogen) atoms. The lowest BCUT2D eigenvalue weighted by Gasteiger charge is -2.34. The van der Waals surface area contributed by atoms with Crippen molar-refractivity contribution in [2.75, 3.05) is 4.90 Å². The van der Waals surface area contributed by atoms with Crippen LogP contribution in [-0.2, 0) is 5.41 Å². The number of benzene rings is 12. The second-order valence-electron chi connectivity index (χ2n) is 18.3. The van der Waals surface area contributed by atoms with Crippen molar-refractivity contribution in [2.24, 2.45) is 0 Å². The maximum Gasteiger partial charge on any atom is 0.143 e. The lowest BCUT2D eigenvalue weighted by Crippen LogP contribution is -2.28. The molecule has 12 aromatic carbocycles. The SMILES string of the molecule is c1ccc(C2(c3ccccc3)c3ccccc3-c3c(-c4ccc(-c5cc6c(oc7cccc(N(c8ccc9ccccc9c8)c8ccc9ccccc9c8)c76)c6ccccc56)cc4)cccc32)cc1. The van der Waals surface area contributed by atoms with E-state index in [4.69, 9.17) is 4.42 Å². The molecule has 1 aliphatic rings. The van der Waals surface area contributed by atoms with E-state index in [1.807, 2.05) is 0 Å². The fourth-order valence-corrected chi connectivity index (χ4v) is 11.7. The molecule has 0 saturated heterocycles. The van der Waals surface area contributed by atoms with Gasteiger partial charge in [-0.25, -0.2) is 0 Å². The summed E-state index contributed by atoms with van der Waals surface area (Å²) in [5.74, 6) is 0. The zero-order valence-electron chi connectivity index (χ0n) is 37.7. The van der Waals surface area contributed by atoms with Gasteiger partial charge in [-0.1, -0.05) is 218 Å². The highest BCUT2D eigenvalue weighted by molar-refractivity contribution is 6.22. The Balaban J connectivity index is 0.950. The second kappa shape index (κ2) is 15.6. The van der Waals surface area contributed by atoms with E-state index in [1.165, 1.54) is 71.6 Å². The number of hydrogen-bond donors (Lipinski definition) is 0. The van der Waals surface area contributed by atoms with Crippen LogP contribution in [0.25, 0.3) is 87.6 Å². The summed E-state index contributed by atoms with van der Waals surface area (Å²) in [6, 6.07) is 95.5. The van der Waals surface area contributed by atoms with E-state index in [0.29, 0.717) is 0 Å². The van der Waals surface area contributed by atoms with Crippen LogP contribution in [0.2, 0.25) is 0 Å². The Kier molecular flexibility index (Phi) is 8.84. The third kappa shape index (κ3) is 5.99. The van der Waals surface area contributed by atoms with Crippen LogP contribution in [0.15, 0.2) is 265 Å². The van der Waals surface area contributed by atoms with Gasteiger partial charge in [0.25, 0.3) is 0 Å². The van der Waals surface area contributed by atoms with Crippen LogP contribution in [0.5, 0.6) is 0 Å². The van der Waals surface area contributed by atoms with E-state index in [2.05, 4.69) is 266 Å². The van der Waals surface area contributed by atoms with Crippen LogP contribution in [-0.4, -0.2) is 0 Å². The van der Waals surface area contributed by atoms with E-state index >= 15 is 0 Å². The number of hydrogen-bond acceptors (Lipinski definition) is 2. The molecule has 14 rings (SSSR count). The molecule has 0 fully saturated rings. The van der Waals surface area contributed by atoms with Crippen molar-refractivity contribution in [3.8, 4) is 33.4 Å². The van der Waals surface area contributed by atoms with E-state index in [1.54, 1.807) is 0 Å². The molecule has 0 radical (unpaired) electrons. The van der Waals surface area contributed by atoms with Crippen molar-refractivity contribution < 1.29 is 4.42 Å². The minimum atomic E-state index is -0.455. The number of nitrogens with zero attached hydrogens (tertiary/aromatic N) is 1. The highest BCUT2D eigenvalue weighted by Gasteiger charge is 2.46. The molecular weight excluding hydrogens is 835 g/mol. The lowest BCUT2D eigenvalue weighted by atomic mass is 9.67. The first-order valence-corrected chi connectivity index (χ1v) is 23.8. The van der Waals surface area contributed by atoms with Crippen molar-refractivity contribution >= 4 is 71.3 Å². The van der Waals surface area contributed by atoms with Gasteiger partial charge in [0.05, 0.1) is 16.5 Å². The first kappa shape index (κ1) is 39.2. The molecule has 322 valence electrons. The van der Waals surface area contributed by atoms with Crippen LogP contribution in [0.3, 0.4) is 0 Å². The summed E-state index contributed by atoms with van der Waals surface area (Å²) in [5, 5.41) is 9.22. The molecule has 1 aromatic heterocycles. The van der Waals surface area contributed by atoms with Gasteiger partial charge in [-0.3, -0.25) is 0 Å². The summed E-state index contributed by atoms with van der Waals surface area (Å²) in [6.07, 6.45) is 0. The van der Waals surface area contributed by atoms with Gasteiger partial charge >= 0.3 is 0 Å². The van der Waals surface area contributed by atoms with Crippen LogP contribution in [0, 0.1) is 0 Å². The van der Waals surface area contributed by atoms with Crippen molar-refractivity contribution in [1.29, 1.82) is 0 Å². The molecule has 0 N–H and O–H groups in total. The maximum atomic E-state index is 6.96. The zero-order valence-corrected chi connectivity index (χ0v) is 37.7. The number of fused-ring (bicyclic) bond motifs is 10. The van der Waals surface area contributed by atoms with E-state index in [-0.39, 0.29) is 0 Å². The molecule has 0 amide bonds. The summed E-state index contributed by atoms with van der Waals surface area (Å²) in [4.78, 5) is 2.40. The molecule has 1 heterocycles. The zero-order chi connectivity index (χ0) is 45.5. The molecule has 2 heteroatoms. The number of rotatable bonds is 7. The lowest BCUT2D eigenvalue weighted by molar-refractivity contribution is 0.672. The Morgan fingerprint density at radius 3 is 1.52 bits per heavy atom. The summed E-state index contributed by atoms with van der Waals surface area (Å²) < 4.78 is 6.96. The van der Waals surface area contributed by atoms with E-state index < -0.39 is 5.41 Å². The van der Waals surface area contributed by atoms with Crippen LogP contribution in [0.4, 0.5) is 17.1 Å². The van der Waals surface area contributed by atoms with Crippen molar-refractivity contribution in [3.05, 3.63) is 283 Å². The van der Waals surface area contributed by atoms with E-state index in [9.17, 15) is 0 Å². The van der Waals surface area contributed by atoms with Gasteiger partial charge < -0.3 is 9.32 Å². The fourth-order valence-electron chi connectivity index (χ4n) is 11.7. The molecule has 0 saturated carbocycles. The van der Waals surface area contributed by atoms with Gasteiger partial charge in [0.15, 0.2) is 0 Å². The third-order valence-corrected chi connectivity index (χ3v) is 14.7. The average Bonchev–Trinajstić information content (AvgIpc) is 3.96. The largest absolute Gasteiger partial charge is 0.455 e. The standard InChI is InChI=1S/C67H43NO/c1-3-21-50(22-4-1)67(51-23-5-2-6-24-51)60-29-14-13-27-57(60)64-54(28-15-30-61(64)67)46-33-35-47(36-34-46)58-43-59-65-62(31-16-32-63(65)69-66(59)56-26-12-11-25-55(56)58)68(52-39-37-44-17-7-9-19-48(44)41-52)53-40-38-45-18-8-10-20-49(45)42-53/h1-43H. The van der Waals surface area contributed by atoms with Crippen molar-refractivity contribution in [3.63, 3.8) is 0 Å². The van der Waals surface area contributed by atoms with Gasteiger partial charge in [-0.05, 0) is 125 Å². The summed E-state index contributed by atoms with van der Waals surface area (Å²) in [7, 11) is 0. The molecule has 0 spiro atoms. The Bertz CT molecular complexity index is 4010. The number of furan rings is 1. The molecule has 0 aliphatic heterocycles. The number of anilines is 3. The van der Waals surface area contributed by atoms with Gasteiger partial charge in [-0.15, -0.1) is 0 Å². The second-order valence-corrected chi connectivity index (χ2v) is 18.3. The minimum absolute atomic E-state index is 0.455. The summed E-state index contributed by atoms with van der Waals surface area (Å²) in [5.41, 5.74) is 17.0. The smallest absolute Gasteiger partial charge is 0.143 e. The van der Waals surface area contributed by atoms with Crippen LogP contribution >= 0.6 is 0 Å². The van der Waals surface area contributed by atoms with Gasteiger partial charge in [0.1, 0.15) is 11.2 Å². The molecule has 0 atom stereocenters. The van der Waals surface area contributed by atoms with E-state index in [0.717, 1.165) is 55.3 Å². The van der Waals surface area contributed by atoms with Crippen LogP contribution in [0.1, 0.15) is 22.3 Å². The first-order valence-electron chi connectivity index (χ1n) is 23.8. The predicted octanol–water partition coefficient (Wildman–Crippen LogP) is 18.2. The topological polar surface area (TPSA) is 16.4 Å². The highest BCUT2D eigenvalue weighted by atomic mass is 16.3. The van der Waals surface area contributed by atoms with Gasteiger partial charge in [0.2, 0.25) is 0 Å². The molecule has 1 aliphatic carbocycles. The molecular formula is C67H43NO. The first-order chi connectivity index (χ1) is 34.2. The predicted molar refractivity (Wildman–Crippen MR) is 289 cm³/mol. The van der Waals surface area contributed by atoms with Crippen LogP contribution < -0.4 is 4.90 Å². The molecule has 0 unspecified atom stereocenters. The quantitative estimate of drug-likeness (QED) is 0.159. The summed E-state index contributed by atoms with van der Waals surface area (Å²) in [6.45, 7) is 0. The normalized spacial score (nSPS) is 12.8. The maximum absolute atomic E-state index is 6.96. The molecule has 13 aromatic rings. The van der Waals surface area contributed by atoms with Gasteiger partial charge in [0, 0.05) is 22.1 Å². The fraction of sp³-hybridized carbons (Fsp3) is 0.0149. The van der Waals surface area contributed by atoms with Crippen molar-refractivity contribution in [2.45, 2.75) is 5.41 Å². The third-order valence-electron chi connectivity index (χ3n) is 14.7. The van der Waals surface area contributed by atoms with Gasteiger partial charge in [-0.2, -0.15) is 0 Å². The Labute approximate surface area is 400 Å². The molecule has 0 bridgehead atoms.